The minimum absolute atomic E-state index is 0.0987. The van der Waals surface area contributed by atoms with Crippen LogP contribution in [0.5, 0.6) is 5.75 Å². The summed E-state index contributed by atoms with van der Waals surface area (Å²) in [4.78, 5) is 24.1. The third kappa shape index (κ3) is 4.32. The van der Waals surface area contributed by atoms with Crippen LogP contribution in [0.4, 0.5) is 20.2 Å². The van der Waals surface area contributed by atoms with Gasteiger partial charge in [0.15, 0.2) is 12.4 Å². The lowest BCUT2D eigenvalue weighted by Crippen LogP contribution is -2.35. The zero-order valence-corrected chi connectivity index (χ0v) is 14.4. The maximum Gasteiger partial charge on any atom is 0.310 e. The van der Waals surface area contributed by atoms with Gasteiger partial charge in [0.05, 0.1) is 23.4 Å². The molecule has 0 aliphatic carbocycles. The fourth-order valence-corrected chi connectivity index (χ4v) is 2.51. The van der Waals surface area contributed by atoms with E-state index in [1.165, 1.54) is 30.5 Å². The topological polar surface area (TPSA) is 85.8 Å². The van der Waals surface area contributed by atoms with Crippen molar-refractivity contribution in [3.8, 4) is 5.75 Å². The number of halogens is 2. The Morgan fingerprint density at radius 2 is 1.93 bits per heavy atom. The number of rotatable bonds is 7. The average molecular weight is 388 g/mol. The minimum atomic E-state index is -0.939. The highest BCUT2D eigenvalue weighted by Gasteiger charge is 2.23. The number of carbonyl (C=O) groups is 1. The first-order valence-corrected chi connectivity index (χ1v) is 8.09. The molecule has 28 heavy (non-hydrogen) atoms. The number of nitro groups is 1. The first-order chi connectivity index (χ1) is 13.5. The summed E-state index contributed by atoms with van der Waals surface area (Å²) in [5, 5.41) is 11.0. The standard InChI is InChI=1S/C19H14F2N2O5/c20-13-7-8-16(15(21)10-13)22(11-14-4-3-9-27-14)19(24)12-28-18-6-2-1-5-17(18)23(25)26/h1-10H,11-12H2. The van der Waals surface area contributed by atoms with Crippen LogP contribution in [0.15, 0.2) is 65.3 Å². The van der Waals surface area contributed by atoms with E-state index in [1.54, 1.807) is 12.1 Å². The Bertz CT molecular complexity index is 992. The highest BCUT2D eigenvalue weighted by molar-refractivity contribution is 5.94. The van der Waals surface area contributed by atoms with E-state index in [0.29, 0.717) is 11.8 Å². The second-order valence-corrected chi connectivity index (χ2v) is 5.67. The molecular weight excluding hydrogens is 374 g/mol. The van der Waals surface area contributed by atoms with Gasteiger partial charge in [-0.05, 0) is 30.3 Å². The number of ether oxygens (including phenoxy) is 1. The van der Waals surface area contributed by atoms with E-state index in [1.807, 2.05) is 0 Å². The minimum Gasteiger partial charge on any atom is -0.477 e. The largest absolute Gasteiger partial charge is 0.477 e. The zero-order valence-electron chi connectivity index (χ0n) is 14.4. The zero-order chi connectivity index (χ0) is 20.1. The number of furan rings is 1. The van der Waals surface area contributed by atoms with Crippen LogP contribution in [0.1, 0.15) is 5.76 Å². The molecule has 0 bridgehead atoms. The van der Waals surface area contributed by atoms with E-state index in [-0.39, 0.29) is 23.7 Å². The molecule has 0 aliphatic rings. The van der Waals surface area contributed by atoms with E-state index in [2.05, 4.69) is 0 Å². The predicted molar refractivity (Wildman–Crippen MR) is 94.8 cm³/mol. The molecule has 0 N–H and O–H groups in total. The second kappa shape index (κ2) is 8.30. The molecule has 7 nitrogen and oxygen atoms in total. The first-order valence-electron chi connectivity index (χ1n) is 8.09. The van der Waals surface area contributed by atoms with Crippen molar-refractivity contribution in [1.29, 1.82) is 0 Å². The number of nitrogens with zero attached hydrogens (tertiary/aromatic N) is 2. The average Bonchev–Trinajstić information content (AvgIpc) is 3.18. The highest BCUT2D eigenvalue weighted by Crippen LogP contribution is 2.27. The second-order valence-electron chi connectivity index (χ2n) is 5.67. The predicted octanol–water partition coefficient (Wildman–Crippen LogP) is 4.08. The van der Waals surface area contributed by atoms with Gasteiger partial charge < -0.3 is 9.15 Å². The third-order valence-corrected chi connectivity index (χ3v) is 3.81. The fourth-order valence-electron chi connectivity index (χ4n) is 2.51. The summed E-state index contributed by atoms with van der Waals surface area (Å²) < 4.78 is 37.9. The Hall–Kier alpha value is -3.75. The van der Waals surface area contributed by atoms with Crippen molar-refractivity contribution in [3.05, 3.63) is 88.4 Å². The number of hydrogen-bond donors (Lipinski definition) is 0. The molecule has 3 aromatic rings. The van der Waals surface area contributed by atoms with Crippen LogP contribution in [-0.4, -0.2) is 17.4 Å². The van der Waals surface area contributed by atoms with Crippen molar-refractivity contribution in [2.45, 2.75) is 6.54 Å². The molecule has 1 aromatic heterocycles. The molecule has 0 radical (unpaired) electrons. The van der Waals surface area contributed by atoms with Gasteiger partial charge in [0.1, 0.15) is 17.4 Å². The van der Waals surface area contributed by atoms with Crippen LogP contribution in [0.25, 0.3) is 0 Å². The van der Waals surface area contributed by atoms with E-state index in [0.717, 1.165) is 17.0 Å². The Kier molecular flexibility index (Phi) is 5.64. The Morgan fingerprint density at radius 3 is 2.61 bits per heavy atom. The third-order valence-electron chi connectivity index (χ3n) is 3.81. The van der Waals surface area contributed by atoms with Crippen molar-refractivity contribution in [2.75, 3.05) is 11.5 Å². The maximum atomic E-state index is 14.2. The summed E-state index contributed by atoms with van der Waals surface area (Å²) in [5.74, 6) is -2.16. The van der Waals surface area contributed by atoms with Crippen LogP contribution in [0.3, 0.4) is 0 Å². The summed E-state index contributed by atoms with van der Waals surface area (Å²) in [7, 11) is 0. The molecule has 2 aromatic carbocycles. The number of carbonyl (C=O) groups excluding carboxylic acids is 1. The quantitative estimate of drug-likeness (QED) is 0.450. The van der Waals surface area contributed by atoms with E-state index < -0.39 is 29.1 Å². The van der Waals surface area contributed by atoms with Gasteiger partial charge in [0.2, 0.25) is 0 Å². The molecule has 9 heteroatoms. The molecule has 1 heterocycles. The highest BCUT2D eigenvalue weighted by atomic mass is 19.1. The van der Waals surface area contributed by atoms with Gasteiger partial charge in [-0.3, -0.25) is 19.8 Å². The lowest BCUT2D eigenvalue weighted by atomic mass is 10.2. The summed E-state index contributed by atoms with van der Waals surface area (Å²) >= 11 is 0. The van der Waals surface area contributed by atoms with Gasteiger partial charge in [-0.25, -0.2) is 8.78 Å². The first kappa shape index (κ1) is 19.0. The van der Waals surface area contributed by atoms with Gasteiger partial charge in [-0.1, -0.05) is 12.1 Å². The van der Waals surface area contributed by atoms with Gasteiger partial charge in [0, 0.05) is 12.1 Å². The van der Waals surface area contributed by atoms with Gasteiger partial charge in [-0.2, -0.15) is 0 Å². The number of amides is 1. The van der Waals surface area contributed by atoms with Gasteiger partial charge >= 0.3 is 5.69 Å². The van der Waals surface area contributed by atoms with Crippen molar-refractivity contribution >= 4 is 17.3 Å². The molecule has 1 amide bonds. The number of para-hydroxylation sites is 2. The normalized spacial score (nSPS) is 10.5. The van der Waals surface area contributed by atoms with Crippen molar-refractivity contribution in [2.24, 2.45) is 0 Å². The summed E-state index contributed by atoms with van der Waals surface area (Å²) in [5.41, 5.74) is -0.477. The smallest absolute Gasteiger partial charge is 0.310 e. The molecule has 0 spiro atoms. The maximum absolute atomic E-state index is 14.2. The summed E-state index contributed by atoms with van der Waals surface area (Å²) in [6, 6.07) is 11.5. The summed E-state index contributed by atoms with van der Waals surface area (Å²) in [6.07, 6.45) is 1.39. The molecule has 0 fully saturated rings. The van der Waals surface area contributed by atoms with E-state index in [9.17, 15) is 23.7 Å². The Balaban J connectivity index is 1.84. The van der Waals surface area contributed by atoms with Gasteiger partial charge in [-0.15, -0.1) is 0 Å². The Labute approximate surface area is 157 Å². The molecule has 144 valence electrons. The van der Waals surface area contributed by atoms with Gasteiger partial charge in [0.25, 0.3) is 5.91 Å². The van der Waals surface area contributed by atoms with Crippen LogP contribution in [-0.2, 0) is 11.3 Å². The number of anilines is 1. The van der Waals surface area contributed by atoms with Crippen molar-refractivity contribution in [1.82, 2.24) is 0 Å². The van der Waals surface area contributed by atoms with Crippen LogP contribution in [0.2, 0.25) is 0 Å². The van der Waals surface area contributed by atoms with E-state index >= 15 is 0 Å². The van der Waals surface area contributed by atoms with Crippen LogP contribution < -0.4 is 9.64 Å². The van der Waals surface area contributed by atoms with Crippen LogP contribution in [0, 0.1) is 21.7 Å². The summed E-state index contributed by atoms with van der Waals surface area (Å²) in [6.45, 7) is -0.725. The van der Waals surface area contributed by atoms with Crippen molar-refractivity contribution < 1.29 is 27.7 Å². The Morgan fingerprint density at radius 1 is 1.14 bits per heavy atom. The van der Waals surface area contributed by atoms with Crippen molar-refractivity contribution in [3.63, 3.8) is 0 Å². The molecular formula is C19H14F2N2O5. The number of nitro benzene ring substituents is 1. The molecule has 0 saturated heterocycles. The van der Waals surface area contributed by atoms with Crippen LogP contribution >= 0.6 is 0 Å². The van der Waals surface area contributed by atoms with E-state index in [4.69, 9.17) is 9.15 Å². The molecule has 3 rings (SSSR count). The SMILES string of the molecule is O=C(COc1ccccc1[N+](=O)[O-])N(Cc1ccco1)c1ccc(F)cc1F. The molecule has 0 unspecified atom stereocenters. The molecule has 0 saturated carbocycles. The molecule has 0 aliphatic heterocycles. The lowest BCUT2D eigenvalue weighted by molar-refractivity contribution is -0.385. The molecule has 0 atom stereocenters. The lowest BCUT2D eigenvalue weighted by Gasteiger charge is -2.22. The number of hydrogen-bond acceptors (Lipinski definition) is 5. The fraction of sp³-hybridized carbons (Fsp3) is 0.105. The number of benzene rings is 2. The monoisotopic (exact) mass is 388 g/mol.